The first-order valence-corrected chi connectivity index (χ1v) is 6.65. The maximum absolute atomic E-state index is 6.17. The summed E-state index contributed by atoms with van der Waals surface area (Å²) in [6, 6.07) is 2.31. The van der Waals surface area contributed by atoms with Gasteiger partial charge in [0.15, 0.2) is 0 Å². The Hall–Kier alpha value is -0.350. The average Bonchev–Trinajstić information content (AvgIpc) is 2.71. The summed E-state index contributed by atoms with van der Waals surface area (Å²) in [5.41, 5.74) is 1.05. The van der Waals surface area contributed by atoms with Crippen LogP contribution in [0.4, 0.5) is 0 Å². The molecule has 1 fully saturated rings. The molecule has 0 bridgehead atoms. The summed E-state index contributed by atoms with van der Waals surface area (Å²) in [7, 11) is 1.99. The van der Waals surface area contributed by atoms with Crippen molar-refractivity contribution < 1.29 is 0 Å². The molecule has 1 saturated heterocycles. The molecule has 0 aromatic carbocycles. The number of aromatic nitrogens is 1. The molecule has 17 heavy (non-hydrogen) atoms. The zero-order chi connectivity index (χ0) is 12.3. The van der Waals surface area contributed by atoms with Gasteiger partial charge in [0.25, 0.3) is 0 Å². The molecule has 0 aliphatic carbocycles. The van der Waals surface area contributed by atoms with Gasteiger partial charge in [-0.3, -0.25) is 4.90 Å². The molecule has 2 rings (SSSR count). The molecule has 1 unspecified atom stereocenters. The Morgan fingerprint density at radius 3 is 3.06 bits per heavy atom. The molecule has 1 aromatic heterocycles. The first kappa shape index (κ1) is 13.1. The summed E-state index contributed by atoms with van der Waals surface area (Å²) < 4.78 is 0. The van der Waals surface area contributed by atoms with Crippen LogP contribution < -0.4 is 5.32 Å². The van der Waals surface area contributed by atoms with E-state index < -0.39 is 0 Å². The number of hydrogen-bond donors (Lipinski definition) is 1. The van der Waals surface area contributed by atoms with E-state index in [0.717, 1.165) is 25.2 Å². The van der Waals surface area contributed by atoms with E-state index in [4.69, 9.17) is 23.2 Å². The van der Waals surface area contributed by atoms with Gasteiger partial charge in [-0.05, 0) is 32.5 Å². The second-order valence-electron chi connectivity index (χ2n) is 4.42. The van der Waals surface area contributed by atoms with Crippen LogP contribution in [0.3, 0.4) is 0 Å². The molecule has 0 amide bonds. The summed E-state index contributed by atoms with van der Waals surface area (Å²) in [5, 5.41) is 4.40. The van der Waals surface area contributed by atoms with Crippen LogP contribution in [-0.4, -0.2) is 36.1 Å². The van der Waals surface area contributed by atoms with E-state index in [1.165, 1.54) is 12.8 Å². The van der Waals surface area contributed by atoms with Crippen molar-refractivity contribution >= 4 is 23.2 Å². The lowest BCUT2D eigenvalue weighted by Crippen LogP contribution is -2.36. The lowest BCUT2D eigenvalue weighted by atomic mass is 10.2. The zero-order valence-corrected chi connectivity index (χ0v) is 11.4. The number of likely N-dealkylation sites (tertiary alicyclic amines) is 1. The van der Waals surface area contributed by atoms with Gasteiger partial charge in [0.2, 0.25) is 0 Å². The minimum atomic E-state index is 0.451. The summed E-state index contributed by atoms with van der Waals surface area (Å²) in [6.07, 6.45) is 4.28. The van der Waals surface area contributed by atoms with Crippen molar-refractivity contribution in [2.24, 2.45) is 0 Å². The predicted octanol–water partition coefficient (Wildman–Crippen LogP) is 2.57. The molecule has 0 radical (unpaired) electrons. The second kappa shape index (κ2) is 6.01. The van der Waals surface area contributed by atoms with E-state index in [1.54, 1.807) is 12.3 Å². The van der Waals surface area contributed by atoms with Crippen LogP contribution >= 0.6 is 23.2 Å². The van der Waals surface area contributed by atoms with E-state index in [2.05, 4.69) is 15.2 Å². The van der Waals surface area contributed by atoms with Crippen molar-refractivity contribution in [2.45, 2.75) is 25.4 Å². The number of pyridine rings is 1. The third-order valence-electron chi connectivity index (χ3n) is 3.21. The second-order valence-corrected chi connectivity index (χ2v) is 5.22. The maximum atomic E-state index is 6.17. The minimum Gasteiger partial charge on any atom is -0.318 e. The number of nitrogens with one attached hydrogen (secondary N) is 1. The van der Waals surface area contributed by atoms with E-state index in [1.807, 2.05) is 7.05 Å². The highest BCUT2D eigenvalue weighted by Gasteiger charge is 2.24. The van der Waals surface area contributed by atoms with Crippen LogP contribution in [0.2, 0.25) is 10.2 Å². The van der Waals surface area contributed by atoms with Crippen molar-refractivity contribution in [3.63, 3.8) is 0 Å². The zero-order valence-electron chi connectivity index (χ0n) is 9.92. The molecular formula is C12H17Cl2N3. The monoisotopic (exact) mass is 273 g/mol. The van der Waals surface area contributed by atoms with Crippen LogP contribution in [0, 0.1) is 0 Å². The van der Waals surface area contributed by atoms with Crippen LogP contribution in [0.5, 0.6) is 0 Å². The number of rotatable bonds is 4. The molecule has 0 saturated carbocycles. The van der Waals surface area contributed by atoms with Crippen molar-refractivity contribution in [1.82, 2.24) is 15.2 Å². The van der Waals surface area contributed by atoms with Crippen LogP contribution in [0.15, 0.2) is 12.3 Å². The average molecular weight is 274 g/mol. The Kier molecular flexibility index (Phi) is 4.62. The molecule has 1 N–H and O–H groups in total. The minimum absolute atomic E-state index is 0.451. The molecule has 0 spiro atoms. The first-order valence-electron chi connectivity index (χ1n) is 5.89. The molecule has 1 atom stereocenters. The van der Waals surface area contributed by atoms with E-state index in [-0.39, 0.29) is 0 Å². The van der Waals surface area contributed by atoms with Gasteiger partial charge in [-0.1, -0.05) is 23.2 Å². The van der Waals surface area contributed by atoms with Gasteiger partial charge >= 0.3 is 0 Å². The molecule has 2 heterocycles. The molecule has 3 nitrogen and oxygen atoms in total. The van der Waals surface area contributed by atoms with Crippen LogP contribution in [0.1, 0.15) is 18.4 Å². The van der Waals surface area contributed by atoms with Crippen molar-refractivity contribution in [2.75, 3.05) is 20.1 Å². The largest absolute Gasteiger partial charge is 0.318 e. The highest BCUT2D eigenvalue weighted by Crippen LogP contribution is 2.24. The normalized spacial score (nSPS) is 21.0. The fourth-order valence-electron chi connectivity index (χ4n) is 2.34. The van der Waals surface area contributed by atoms with E-state index in [0.29, 0.717) is 16.2 Å². The highest BCUT2D eigenvalue weighted by molar-refractivity contribution is 6.34. The van der Waals surface area contributed by atoms with E-state index >= 15 is 0 Å². The lowest BCUT2D eigenvalue weighted by molar-refractivity contribution is 0.242. The van der Waals surface area contributed by atoms with Crippen molar-refractivity contribution in [3.05, 3.63) is 28.0 Å². The maximum Gasteiger partial charge on any atom is 0.130 e. The molecular weight excluding hydrogens is 257 g/mol. The van der Waals surface area contributed by atoms with Gasteiger partial charge in [0, 0.05) is 35.9 Å². The Balaban J connectivity index is 2.04. The number of nitrogens with zero attached hydrogens (tertiary/aromatic N) is 2. The molecule has 94 valence electrons. The highest BCUT2D eigenvalue weighted by atomic mass is 35.5. The van der Waals surface area contributed by atoms with Gasteiger partial charge in [0.05, 0.1) is 0 Å². The summed E-state index contributed by atoms with van der Waals surface area (Å²) in [4.78, 5) is 6.54. The molecule has 1 aliphatic rings. The van der Waals surface area contributed by atoms with Gasteiger partial charge in [-0.2, -0.15) is 0 Å². The number of halogens is 2. The van der Waals surface area contributed by atoms with Gasteiger partial charge < -0.3 is 5.32 Å². The SMILES string of the molecule is CNCC1CCCN1Cc1cnc(Cl)cc1Cl. The van der Waals surface area contributed by atoms with Crippen molar-refractivity contribution in [1.29, 1.82) is 0 Å². The Morgan fingerprint density at radius 1 is 1.53 bits per heavy atom. The van der Waals surface area contributed by atoms with Gasteiger partial charge in [-0.15, -0.1) is 0 Å². The van der Waals surface area contributed by atoms with Gasteiger partial charge in [-0.25, -0.2) is 4.98 Å². The predicted molar refractivity (Wildman–Crippen MR) is 71.6 cm³/mol. The fraction of sp³-hybridized carbons (Fsp3) is 0.583. The lowest BCUT2D eigenvalue weighted by Gasteiger charge is -2.24. The molecule has 5 heteroatoms. The summed E-state index contributed by atoms with van der Waals surface area (Å²) in [6.45, 7) is 3.01. The standard InChI is InChI=1S/C12H17Cl2N3/c1-15-7-10-3-2-4-17(10)8-9-6-16-12(14)5-11(9)13/h5-6,10,15H,2-4,7-8H2,1H3. The topological polar surface area (TPSA) is 28.2 Å². The number of hydrogen-bond acceptors (Lipinski definition) is 3. The van der Waals surface area contributed by atoms with Crippen molar-refractivity contribution in [3.8, 4) is 0 Å². The first-order chi connectivity index (χ1) is 8.20. The third-order valence-corrected chi connectivity index (χ3v) is 3.77. The number of likely N-dealkylation sites (N-methyl/N-ethyl adjacent to an activating group) is 1. The molecule has 1 aliphatic heterocycles. The molecule has 1 aromatic rings. The quantitative estimate of drug-likeness (QED) is 0.855. The van der Waals surface area contributed by atoms with Crippen LogP contribution in [0.25, 0.3) is 0 Å². The van der Waals surface area contributed by atoms with Crippen LogP contribution in [-0.2, 0) is 6.54 Å². The Morgan fingerprint density at radius 2 is 2.35 bits per heavy atom. The third kappa shape index (κ3) is 3.32. The Labute approximate surface area is 112 Å². The smallest absolute Gasteiger partial charge is 0.130 e. The summed E-state index contributed by atoms with van der Waals surface area (Å²) in [5.74, 6) is 0. The fourth-order valence-corrected chi connectivity index (χ4v) is 2.77. The Bertz CT molecular complexity index is 384. The summed E-state index contributed by atoms with van der Waals surface area (Å²) >= 11 is 12.0. The van der Waals surface area contributed by atoms with Gasteiger partial charge in [0.1, 0.15) is 5.15 Å². The van der Waals surface area contributed by atoms with E-state index in [9.17, 15) is 0 Å².